The predicted octanol–water partition coefficient (Wildman–Crippen LogP) is 1.17. The summed E-state index contributed by atoms with van der Waals surface area (Å²) in [4.78, 5) is 3.04. The van der Waals surface area contributed by atoms with Crippen molar-refractivity contribution in [1.29, 1.82) is 0 Å². The van der Waals surface area contributed by atoms with E-state index >= 15 is 0 Å². The molecule has 0 bridgehead atoms. The minimum atomic E-state index is 0.958. The van der Waals surface area contributed by atoms with Crippen LogP contribution in [0.25, 0.3) is 11.1 Å². The van der Waals surface area contributed by atoms with Crippen LogP contribution >= 0.6 is 0 Å². The lowest BCUT2D eigenvalue weighted by Crippen LogP contribution is -2.10. The van der Waals surface area contributed by atoms with Gasteiger partial charge in [0.25, 0.3) is 0 Å². The normalized spacial score (nSPS) is 10.6. The van der Waals surface area contributed by atoms with E-state index in [0.717, 1.165) is 13.0 Å². The third kappa shape index (κ3) is 1.70. The van der Waals surface area contributed by atoms with Crippen LogP contribution in [0, 0.1) is 0 Å². The van der Waals surface area contributed by atoms with E-state index in [0.29, 0.717) is 0 Å². The van der Waals surface area contributed by atoms with Gasteiger partial charge in [0, 0.05) is 42.2 Å². The maximum absolute atomic E-state index is 4.06. The summed E-state index contributed by atoms with van der Waals surface area (Å²) < 4.78 is 0. The van der Waals surface area contributed by atoms with Crippen molar-refractivity contribution in [2.24, 2.45) is 0 Å². The van der Waals surface area contributed by atoms with E-state index < -0.39 is 0 Å². The molecule has 14 heavy (non-hydrogen) atoms. The largest absolute Gasteiger partial charge is 0.367 e. The Hall–Kier alpha value is -1.55. The van der Waals surface area contributed by atoms with Crippen molar-refractivity contribution < 1.29 is 0 Å². The Bertz CT molecular complexity index is 374. The lowest BCUT2D eigenvalue weighted by molar-refractivity contribution is 0.773. The molecule has 0 aliphatic rings. The highest BCUT2D eigenvalue weighted by Crippen LogP contribution is 2.21. The van der Waals surface area contributed by atoms with Gasteiger partial charge in [0.05, 0.1) is 6.20 Å². The predicted molar refractivity (Wildman–Crippen MR) is 56.0 cm³/mol. The number of H-pyrrole nitrogens is 2. The zero-order valence-corrected chi connectivity index (χ0v) is 8.17. The fraction of sp³-hybridized carbons (Fsp3) is 0.300. The summed E-state index contributed by atoms with van der Waals surface area (Å²) in [6, 6.07) is 2.05. The lowest BCUT2D eigenvalue weighted by Gasteiger charge is -2.00. The molecule has 0 saturated heterocycles. The Balaban J connectivity index is 2.22. The number of aromatic nitrogens is 3. The Morgan fingerprint density at radius 2 is 2.43 bits per heavy atom. The first-order chi connectivity index (χ1) is 6.92. The summed E-state index contributed by atoms with van der Waals surface area (Å²) in [5.41, 5.74) is 3.55. The van der Waals surface area contributed by atoms with Gasteiger partial charge < -0.3 is 10.3 Å². The quantitative estimate of drug-likeness (QED) is 0.677. The van der Waals surface area contributed by atoms with Gasteiger partial charge in [0.15, 0.2) is 0 Å². The molecule has 0 atom stereocenters. The molecule has 0 aliphatic heterocycles. The van der Waals surface area contributed by atoms with Gasteiger partial charge in [-0.15, -0.1) is 0 Å². The van der Waals surface area contributed by atoms with Crippen molar-refractivity contribution in [3.63, 3.8) is 0 Å². The van der Waals surface area contributed by atoms with Crippen LogP contribution in [0.1, 0.15) is 5.69 Å². The number of hydrogen-bond donors (Lipinski definition) is 3. The highest BCUT2D eigenvalue weighted by molar-refractivity contribution is 5.64. The van der Waals surface area contributed by atoms with Crippen LogP contribution in [-0.4, -0.2) is 28.8 Å². The van der Waals surface area contributed by atoms with Gasteiger partial charge in [-0.25, -0.2) is 0 Å². The maximum atomic E-state index is 4.06. The molecule has 0 unspecified atom stereocenters. The minimum Gasteiger partial charge on any atom is -0.367 e. The topological polar surface area (TPSA) is 56.5 Å². The molecule has 2 rings (SSSR count). The zero-order valence-electron chi connectivity index (χ0n) is 8.17. The lowest BCUT2D eigenvalue weighted by atomic mass is 10.1. The fourth-order valence-corrected chi connectivity index (χ4v) is 1.49. The van der Waals surface area contributed by atoms with E-state index in [2.05, 4.69) is 20.5 Å². The van der Waals surface area contributed by atoms with E-state index in [4.69, 9.17) is 0 Å². The summed E-state index contributed by atoms with van der Waals surface area (Å²) in [6.45, 7) is 0.958. The van der Waals surface area contributed by atoms with Crippen molar-refractivity contribution >= 4 is 0 Å². The van der Waals surface area contributed by atoms with E-state index in [1.54, 1.807) is 0 Å². The Morgan fingerprint density at radius 3 is 3.14 bits per heavy atom. The van der Waals surface area contributed by atoms with Crippen molar-refractivity contribution in [2.45, 2.75) is 6.42 Å². The summed E-state index contributed by atoms with van der Waals surface area (Å²) in [7, 11) is 1.95. The second-order valence-electron chi connectivity index (χ2n) is 3.22. The zero-order chi connectivity index (χ0) is 9.80. The first-order valence-corrected chi connectivity index (χ1v) is 4.72. The molecular weight excluding hydrogens is 176 g/mol. The Kier molecular flexibility index (Phi) is 2.65. The number of likely N-dealkylation sites (N-methyl/N-ethyl adjacent to an activating group) is 1. The number of hydrogen-bond acceptors (Lipinski definition) is 2. The van der Waals surface area contributed by atoms with Crippen LogP contribution in [0.15, 0.2) is 24.7 Å². The number of nitrogens with one attached hydrogen (secondary N) is 3. The van der Waals surface area contributed by atoms with E-state index in [-0.39, 0.29) is 0 Å². The highest BCUT2D eigenvalue weighted by Gasteiger charge is 2.06. The summed E-state index contributed by atoms with van der Waals surface area (Å²) in [5, 5.41) is 10.2. The maximum Gasteiger partial charge on any atom is 0.0569 e. The van der Waals surface area contributed by atoms with Gasteiger partial charge in [-0.05, 0) is 13.1 Å². The average molecular weight is 190 g/mol. The number of rotatable bonds is 4. The molecule has 0 radical (unpaired) electrons. The van der Waals surface area contributed by atoms with Crippen LogP contribution in [0.5, 0.6) is 0 Å². The van der Waals surface area contributed by atoms with Gasteiger partial charge >= 0.3 is 0 Å². The second-order valence-corrected chi connectivity index (χ2v) is 3.22. The van der Waals surface area contributed by atoms with E-state index in [1.165, 1.54) is 16.8 Å². The highest BCUT2D eigenvalue weighted by atomic mass is 15.1. The number of nitrogens with zero attached hydrogens (tertiary/aromatic N) is 1. The van der Waals surface area contributed by atoms with Crippen molar-refractivity contribution in [3.05, 3.63) is 30.4 Å². The number of aromatic amines is 2. The van der Waals surface area contributed by atoms with Gasteiger partial charge in [0.1, 0.15) is 0 Å². The molecule has 0 fully saturated rings. The third-order valence-corrected chi connectivity index (χ3v) is 2.25. The second kappa shape index (κ2) is 4.11. The summed E-state index contributed by atoms with van der Waals surface area (Å²) in [6.07, 6.45) is 6.74. The Morgan fingerprint density at radius 1 is 1.50 bits per heavy atom. The molecule has 0 aromatic carbocycles. The molecule has 0 spiro atoms. The SMILES string of the molecule is CNCCc1[nH]ncc1-c1cc[nH]c1. The minimum absolute atomic E-state index is 0.958. The van der Waals surface area contributed by atoms with E-state index in [9.17, 15) is 0 Å². The molecular formula is C10H14N4. The van der Waals surface area contributed by atoms with Gasteiger partial charge in [0.2, 0.25) is 0 Å². The van der Waals surface area contributed by atoms with E-state index in [1.807, 2.05) is 31.7 Å². The molecule has 4 heteroatoms. The summed E-state index contributed by atoms with van der Waals surface area (Å²) >= 11 is 0. The van der Waals surface area contributed by atoms with Gasteiger partial charge in [-0.3, -0.25) is 5.10 Å². The van der Waals surface area contributed by atoms with Crippen LogP contribution in [0.2, 0.25) is 0 Å². The van der Waals surface area contributed by atoms with Crippen molar-refractivity contribution in [3.8, 4) is 11.1 Å². The first-order valence-electron chi connectivity index (χ1n) is 4.72. The smallest absolute Gasteiger partial charge is 0.0569 e. The molecule has 4 nitrogen and oxygen atoms in total. The fourth-order valence-electron chi connectivity index (χ4n) is 1.49. The van der Waals surface area contributed by atoms with Crippen LogP contribution in [-0.2, 0) is 6.42 Å². The average Bonchev–Trinajstić information content (AvgIpc) is 2.84. The van der Waals surface area contributed by atoms with Gasteiger partial charge in [-0.2, -0.15) is 5.10 Å². The molecule has 0 amide bonds. The molecule has 74 valence electrons. The monoisotopic (exact) mass is 190 g/mol. The van der Waals surface area contributed by atoms with Gasteiger partial charge in [-0.1, -0.05) is 0 Å². The third-order valence-electron chi connectivity index (χ3n) is 2.25. The van der Waals surface area contributed by atoms with Crippen molar-refractivity contribution in [2.75, 3.05) is 13.6 Å². The van der Waals surface area contributed by atoms with Crippen LogP contribution < -0.4 is 5.32 Å². The van der Waals surface area contributed by atoms with Crippen molar-refractivity contribution in [1.82, 2.24) is 20.5 Å². The summed E-state index contributed by atoms with van der Waals surface area (Å²) in [5.74, 6) is 0. The molecule has 2 aromatic rings. The molecule has 2 aromatic heterocycles. The standard InChI is InChI=1S/C10H14N4/c1-11-4-3-10-9(7-13-14-10)8-2-5-12-6-8/h2,5-7,11-12H,3-4H2,1H3,(H,13,14). The molecule has 2 heterocycles. The first kappa shape index (κ1) is 9.02. The molecule has 3 N–H and O–H groups in total. The van der Waals surface area contributed by atoms with Crippen LogP contribution in [0.3, 0.4) is 0 Å². The van der Waals surface area contributed by atoms with Crippen LogP contribution in [0.4, 0.5) is 0 Å². The molecule has 0 saturated carbocycles. The molecule has 0 aliphatic carbocycles. The Labute approximate surface area is 82.7 Å².